The van der Waals surface area contributed by atoms with E-state index in [9.17, 15) is 9.59 Å². The van der Waals surface area contributed by atoms with Crippen molar-refractivity contribution >= 4 is 61.0 Å². The van der Waals surface area contributed by atoms with Crippen molar-refractivity contribution in [2.75, 3.05) is 13.2 Å². The molecule has 0 aliphatic rings. The van der Waals surface area contributed by atoms with Crippen molar-refractivity contribution in [2.45, 2.75) is 19.3 Å². The van der Waals surface area contributed by atoms with Gasteiger partial charge in [0.2, 0.25) is 5.91 Å². The van der Waals surface area contributed by atoms with E-state index in [0.29, 0.717) is 17.0 Å². The van der Waals surface area contributed by atoms with E-state index in [0.717, 1.165) is 37.7 Å². The van der Waals surface area contributed by atoms with Gasteiger partial charge in [0.15, 0.2) is 5.78 Å². The van der Waals surface area contributed by atoms with Gasteiger partial charge in [-0.25, -0.2) is 0 Å². The van der Waals surface area contributed by atoms with Crippen molar-refractivity contribution in [1.29, 1.82) is 0 Å². The zero-order valence-corrected chi connectivity index (χ0v) is 18.9. The summed E-state index contributed by atoms with van der Waals surface area (Å²) in [6.07, 6.45) is 0.912. The fourth-order valence-corrected chi connectivity index (χ4v) is 4.26. The van der Waals surface area contributed by atoms with Gasteiger partial charge in [0.1, 0.15) is 0 Å². The van der Waals surface area contributed by atoms with Gasteiger partial charge in [-0.1, -0.05) is 33.6 Å². The SMILES string of the molecule is O=C(CCCC(=O)c1c(-c2cc3cc(Cl)ccc3[nH]2)[nH]c2cc(Br)ccc12)NCCO. The summed E-state index contributed by atoms with van der Waals surface area (Å²) in [4.78, 5) is 31.7. The maximum Gasteiger partial charge on any atom is 0.220 e. The molecule has 0 saturated heterocycles. The van der Waals surface area contributed by atoms with Crippen LogP contribution >= 0.6 is 27.5 Å². The van der Waals surface area contributed by atoms with E-state index in [4.69, 9.17) is 16.7 Å². The molecule has 0 bridgehead atoms. The Morgan fingerprint density at radius 3 is 2.68 bits per heavy atom. The van der Waals surface area contributed by atoms with Crippen molar-refractivity contribution in [3.63, 3.8) is 0 Å². The molecule has 8 heteroatoms. The number of aliphatic hydroxyl groups is 1. The molecule has 2 aromatic heterocycles. The van der Waals surface area contributed by atoms with Gasteiger partial charge in [0, 0.05) is 50.7 Å². The Labute approximate surface area is 192 Å². The van der Waals surface area contributed by atoms with Gasteiger partial charge < -0.3 is 20.4 Å². The van der Waals surface area contributed by atoms with Crippen LogP contribution in [-0.2, 0) is 4.79 Å². The van der Waals surface area contributed by atoms with Gasteiger partial charge in [-0.15, -0.1) is 0 Å². The molecule has 4 N–H and O–H groups in total. The van der Waals surface area contributed by atoms with Gasteiger partial charge in [-0.3, -0.25) is 9.59 Å². The summed E-state index contributed by atoms with van der Waals surface area (Å²) in [6.45, 7) is 0.118. The second kappa shape index (κ2) is 9.26. The number of halogens is 2. The molecule has 2 heterocycles. The van der Waals surface area contributed by atoms with Crippen LogP contribution in [0.2, 0.25) is 5.02 Å². The lowest BCUT2D eigenvalue weighted by Crippen LogP contribution is -2.26. The lowest BCUT2D eigenvalue weighted by Gasteiger charge is -2.05. The van der Waals surface area contributed by atoms with E-state index in [1.165, 1.54) is 0 Å². The number of aliphatic hydroxyl groups excluding tert-OH is 1. The number of Topliss-reactive ketones (excluding diaryl/α,β-unsaturated/α-hetero) is 1. The van der Waals surface area contributed by atoms with Crippen molar-refractivity contribution in [1.82, 2.24) is 15.3 Å². The largest absolute Gasteiger partial charge is 0.395 e. The van der Waals surface area contributed by atoms with Gasteiger partial charge >= 0.3 is 0 Å². The minimum Gasteiger partial charge on any atom is -0.395 e. The van der Waals surface area contributed by atoms with Gasteiger partial charge in [-0.05, 0) is 42.8 Å². The van der Waals surface area contributed by atoms with Gasteiger partial charge in [-0.2, -0.15) is 0 Å². The molecule has 0 fully saturated rings. The van der Waals surface area contributed by atoms with E-state index in [2.05, 4.69) is 31.2 Å². The average Bonchev–Trinajstić information content (AvgIpc) is 3.32. The number of carbonyl (C=O) groups is 2. The smallest absolute Gasteiger partial charge is 0.220 e. The van der Waals surface area contributed by atoms with Crippen LogP contribution in [0, 0.1) is 0 Å². The standard InChI is InChI=1S/C23H21BrClN3O3/c24-14-4-6-16-18(12-14)28-23(19-11-13-10-15(25)5-7-17(13)27-19)22(16)20(30)2-1-3-21(31)26-8-9-29/h4-7,10-12,27-29H,1-3,8-9H2,(H,26,31). The number of amides is 1. The summed E-state index contributed by atoms with van der Waals surface area (Å²) in [6, 6.07) is 13.3. The Bertz CT molecular complexity index is 1280. The minimum atomic E-state index is -0.169. The van der Waals surface area contributed by atoms with E-state index in [-0.39, 0.29) is 37.7 Å². The zero-order chi connectivity index (χ0) is 22.0. The fourth-order valence-electron chi connectivity index (χ4n) is 3.72. The third kappa shape index (κ3) is 4.69. The predicted molar refractivity (Wildman–Crippen MR) is 127 cm³/mol. The second-order valence-corrected chi connectivity index (χ2v) is 8.68. The predicted octanol–water partition coefficient (Wildman–Crippen LogP) is 5.19. The third-order valence-electron chi connectivity index (χ3n) is 5.13. The Morgan fingerprint density at radius 1 is 1.03 bits per heavy atom. The number of fused-ring (bicyclic) bond motifs is 2. The van der Waals surface area contributed by atoms with Crippen LogP contribution < -0.4 is 5.32 Å². The van der Waals surface area contributed by atoms with Crippen LogP contribution in [-0.4, -0.2) is 39.9 Å². The summed E-state index contributed by atoms with van der Waals surface area (Å²) in [5.74, 6) is -0.201. The van der Waals surface area contributed by atoms with E-state index in [1.54, 1.807) is 0 Å². The summed E-state index contributed by atoms with van der Waals surface area (Å²) in [5, 5.41) is 13.8. The number of aromatic amines is 2. The number of ketones is 1. The maximum atomic E-state index is 13.2. The molecule has 0 atom stereocenters. The first-order valence-electron chi connectivity index (χ1n) is 9.97. The molecular formula is C23H21BrClN3O3. The van der Waals surface area contributed by atoms with Crippen molar-refractivity contribution in [3.05, 3.63) is 57.5 Å². The summed E-state index contributed by atoms with van der Waals surface area (Å²) in [7, 11) is 0. The molecule has 0 spiro atoms. The highest BCUT2D eigenvalue weighted by Crippen LogP contribution is 2.34. The number of benzene rings is 2. The molecule has 31 heavy (non-hydrogen) atoms. The number of hydrogen-bond acceptors (Lipinski definition) is 3. The number of nitrogens with one attached hydrogen (secondary N) is 3. The first-order valence-corrected chi connectivity index (χ1v) is 11.1. The Hall–Kier alpha value is -2.61. The molecule has 2 aromatic carbocycles. The van der Waals surface area contributed by atoms with E-state index >= 15 is 0 Å². The normalized spacial score (nSPS) is 11.3. The lowest BCUT2D eigenvalue weighted by atomic mass is 10.0. The van der Waals surface area contributed by atoms with E-state index < -0.39 is 0 Å². The van der Waals surface area contributed by atoms with Crippen LogP contribution in [0.3, 0.4) is 0 Å². The fraction of sp³-hybridized carbons (Fsp3) is 0.217. The first kappa shape index (κ1) is 21.6. The van der Waals surface area contributed by atoms with Crippen LogP contribution in [0.15, 0.2) is 46.9 Å². The molecule has 160 valence electrons. The Kier molecular flexibility index (Phi) is 6.46. The number of rotatable bonds is 8. The first-order chi connectivity index (χ1) is 15.0. The highest BCUT2D eigenvalue weighted by molar-refractivity contribution is 9.10. The monoisotopic (exact) mass is 501 g/mol. The van der Waals surface area contributed by atoms with Crippen molar-refractivity contribution in [2.24, 2.45) is 0 Å². The summed E-state index contributed by atoms with van der Waals surface area (Å²) in [5.41, 5.74) is 3.91. The highest BCUT2D eigenvalue weighted by atomic mass is 79.9. The Balaban J connectivity index is 1.67. The highest BCUT2D eigenvalue weighted by Gasteiger charge is 2.21. The van der Waals surface area contributed by atoms with Crippen LogP contribution in [0.5, 0.6) is 0 Å². The van der Waals surface area contributed by atoms with Crippen molar-refractivity contribution < 1.29 is 14.7 Å². The van der Waals surface area contributed by atoms with Crippen LogP contribution in [0.4, 0.5) is 0 Å². The minimum absolute atomic E-state index is 0.0322. The summed E-state index contributed by atoms with van der Waals surface area (Å²) >= 11 is 9.61. The Morgan fingerprint density at radius 2 is 1.87 bits per heavy atom. The number of H-pyrrole nitrogens is 2. The van der Waals surface area contributed by atoms with Crippen LogP contribution in [0.25, 0.3) is 33.2 Å². The summed E-state index contributed by atoms with van der Waals surface area (Å²) < 4.78 is 0.913. The maximum absolute atomic E-state index is 13.2. The van der Waals surface area contributed by atoms with Gasteiger partial charge in [0.05, 0.1) is 23.6 Å². The molecule has 0 unspecified atom stereocenters. The lowest BCUT2D eigenvalue weighted by molar-refractivity contribution is -0.121. The molecular weight excluding hydrogens is 482 g/mol. The molecule has 0 aliphatic heterocycles. The van der Waals surface area contributed by atoms with Gasteiger partial charge in [0.25, 0.3) is 0 Å². The number of carbonyl (C=O) groups excluding carboxylic acids is 2. The number of hydrogen-bond donors (Lipinski definition) is 4. The zero-order valence-electron chi connectivity index (χ0n) is 16.6. The van der Waals surface area contributed by atoms with Crippen LogP contribution in [0.1, 0.15) is 29.6 Å². The molecule has 0 aliphatic carbocycles. The topological polar surface area (TPSA) is 98.0 Å². The molecule has 4 aromatic rings. The van der Waals surface area contributed by atoms with E-state index in [1.807, 2.05) is 42.5 Å². The molecule has 0 saturated carbocycles. The molecule has 1 amide bonds. The number of aromatic nitrogens is 2. The second-order valence-electron chi connectivity index (χ2n) is 7.33. The molecule has 0 radical (unpaired) electrons. The third-order valence-corrected chi connectivity index (χ3v) is 5.86. The molecule has 4 rings (SSSR count). The average molecular weight is 503 g/mol. The van der Waals surface area contributed by atoms with Crippen molar-refractivity contribution in [3.8, 4) is 11.4 Å². The molecule has 6 nitrogen and oxygen atoms in total. The quantitative estimate of drug-likeness (QED) is 0.249.